The van der Waals surface area contributed by atoms with Crippen LogP contribution in [0.15, 0.2) is 24.2 Å². The molecule has 2 aliphatic carbocycles. The van der Waals surface area contributed by atoms with Gasteiger partial charge in [-0.1, -0.05) is 18.2 Å². The van der Waals surface area contributed by atoms with Crippen LogP contribution in [0.1, 0.15) is 34.0 Å². The fourth-order valence-corrected chi connectivity index (χ4v) is 4.17. The molecule has 1 aromatic rings. The number of hydrogen-bond acceptors (Lipinski definition) is 4. The summed E-state index contributed by atoms with van der Waals surface area (Å²) in [6.45, 7) is -3.04. The average Bonchev–Trinajstić information content (AvgIpc) is 3.00. The van der Waals surface area contributed by atoms with Crippen LogP contribution < -0.4 is 9.47 Å². The third kappa shape index (κ3) is 1.28. The van der Waals surface area contributed by atoms with Crippen molar-refractivity contribution in [3.8, 4) is 11.5 Å². The minimum Gasteiger partial charge on any atom is -0.493 e. The molecule has 2 aliphatic heterocycles. The van der Waals surface area contributed by atoms with Gasteiger partial charge in [-0.05, 0) is 37.9 Å². The van der Waals surface area contributed by atoms with E-state index in [-0.39, 0.29) is 18.5 Å². The molecule has 5 rings (SSSR count). The van der Waals surface area contributed by atoms with Gasteiger partial charge in [-0.15, -0.1) is 0 Å². The average molecular weight is 311 g/mol. The molecule has 2 heterocycles. The summed E-state index contributed by atoms with van der Waals surface area (Å²) in [5, 5.41) is 10.9. The maximum absolute atomic E-state index is 10.9. The summed E-state index contributed by atoms with van der Waals surface area (Å²) in [5.74, 6) is -3.15. The summed E-state index contributed by atoms with van der Waals surface area (Å²) in [6, 6.07) is -3.20. The number of rotatable bonds is 1. The Balaban J connectivity index is 1.94. The molecule has 5 atom stereocenters. The second-order valence-corrected chi connectivity index (χ2v) is 5.93. The molecule has 2 bridgehead atoms. The van der Waals surface area contributed by atoms with Gasteiger partial charge in [-0.2, -0.15) is 0 Å². The summed E-state index contributed by atoms with van der Waals surface area (Å²) in [4.78, 5) is 0.873. The van der Waals surface area contributed by atoms with Crippen molar-refractivity contribution in [3.63, 3.8) is 0 Å². The Labute approximate surface area is 147 Å². The van der Waals surface area contributed by atoms with Crippen LogP contribution in [0.5, 0.6) is 11.5 Å². The lowest BCUT2D eigenvalue weighted by atomic mass is 9.53. The second kappa shape index (κ2) is 4.06. The highest BCUT2D eigenvalue weighted by molar-refractivity contribution is 5.62. The van der Waals surface area contributed by atoms with E-state index < -0.39 is 79.1 Å². The van der Waals surface area contributed by atoms with Crippen LogP contribution in [0, 0.1) is 5.89 Å². The first kappa shape index (κ1) is 5.84. The normalized spacial score (nSPS) is 59.1. The molecule has 116 valence electrons. The van der Waals surface area contributed by atoms with E-state index in [1.807, 2.05) is 0 Å². The minimum absolute atomic E-state index is 0.116. The predicted molar refractivity (Wildman–Crippen MR) is 82.5 cm³/mol. The van der Waals surface area contributed by atoms with Crippen molar-refractivity contribution in [2.45, 2.75) is 36.4 Å². The highest BCUT2D eigenvalue weighted by Crippen LogP contribution is 2.62. The molecule has 1 aromatic carbocycles. The molecule has 4 nitrogen and oxygen atoms in total. The van der Waals surface area contributed by atoms with Crippen LogP contribution >= 0.6 is 0 Å². The maximum Gasteiger partial charge on any atom is 0.165 e. The lowest BCUT2D eigenvalue weighted by molar-refractivity contribution is -0.0453. The van der Waals surface area contributed by atoms with E-state index in [0.717, 1.165) is 17.1 Å². The van der Waals surface area contributed by atoms with Gasteiger partial charge in [0, 0.05) is 31.1 Å². The highest BCUT2D eigenvalue weighted by Gasteiger charge is 2.64. The minimum atomic E-state index is -3.06. The quantitative estimate of drug-likeness (QED) is 0.798. The molecule has 22 heavy (non-hydrogen) atoms. The van der Waals surface area contributed by atoms with Crippen LogP contribution in [-0.2, 0) is 11.8 Å². The monoisotopic (exact) mass is 311 g/mol. The number of ether oxygens (including phenoxy) is 2. The fourth-order valence-electron chi connectivity index (χ4n) is 4.17. The van der Waals surface area contributed by atoms with Crippen molar-refractivity contribution < 1.29 is 31.0 Å². The zero-order chi connectivity index (χ0) is 25.4. The fraction of sp³-hybridized carbons (Fsp3) is 0.556. The Morgan fingerprint density at radius 3 is 3.41 bits per heavy atom. The zero-order valence-corrected chi connectivity index (χ0v) is 11.4. The van der Waals surface area contributed by atoms with Crippen LogP contribution in [0.3, 0.4) is 0 Å². The van der Waals surface area contributed by atoms with E-state index in [1.54, 1.807) is 0 Å². The van der Waals surface area contributed by atoms with Crippen LogP contribution in [0.4, 0.5) is 0 Å². The van der Waals surface area contributed by atoms with Crippen molar-refractivity contribution >= 4 is 0 Å². The van der Waals surface area contributed by atoms with Gasteiger partial charge < -0.3 is 19.5 Å². The smallest absolute Gasteiger partial charge is 0.165 e. The van der Waals surface area contributed by atoms with Gasteiger partial charge in [0.25, 0.3) is 0 Å². The molecule has 2 unspecified atom stereocenters. The Morgan fingerprint density at radius 2 is 2.55 bits per heavy atom. The van der Waals surface area contributed by atoms with Gasteiger partial charge in [-0.25, -0.2) is 0 Å². The lowest BCUT2D eigenvalue weighted by Gasteiger charge is -2.56. The lowest BCUT2D eigenvalue weighted by Crippen LogP contribution is -2.64. The summed E-state index contributed by atoms with van der Waals surface area (Å²) < 4.78 is 110. The number of hydrogen-bond donors (Lipinski definition) is 1. The standard InChI is InChI=1S/C18H21NO3/c1-19-8-7-18-11-4-5-13(20)17(18)22-16-14(21-2)6-3-10(15(16)18)9-12(11)19/h3-6,11-13,17,20H,7-9H2,1-2H3/t11-,12+,13?,17?,18-/m0/s1/i1D3,2D3,3D,6D,9D2,11D,13D. The molecule has 4 aliphatic rings. The molecule has 1 spiro atoms. The van der Waals surface area contributed by atoms with E-state index in [4.69, 9.17) is 24.6 Å². The van der Waals surface area contributed by atoms with Crippen molar-refractivity contribution in [1.29, 1.82) is 0 Å². The predicted octanol–water partition coefficient (Wildman–Crippen LogP) is 1.50. The summed E-state index contributed by atoms with van der Waals surface area (Å²) in [5.41, 5.74) is -2.23. The molecular weight excluding hydrogens is 278 g/mol. The molecule has 0 radical (unpaired) electrons. The molecule has 1 saturated heterocycles. The molecule has 0 saturated carbocycles. The first-order chi connectivity index (χ1) is 15.3. The second-order valence-electron chi connectivity index (χ2n) is 5.93. The van der Waals surface area contributed by atoms with Gasteiger partial charge in [0.05, 0.1) is 15.3 Å². The first-order valence-corrected chi connectivity index (χ1v) is 7.04. The molecular formula is C18H21NO3. The zero-order valence-electron chi connectivity index (χ0n) is 23.4. The van der Waals surface area contributed by atoms with Crippen LogP contribution in [-0.4, -0.2) is 48.8 Å². The number of aliphatic hydroxyl groups is 1. The van der Waals surface area contributed by atoms with Gasteiger partial charge in [0.15, 0.2) is 11.5 Å². The maximum atomic E-state index is 10.9. The number of methoxy groups -OCH3 is 1. The molecule has 0 aromatic heterocycles. The summed E-state index contributed by atoms with van der Waals surface area (Å²) in [7, 11) is -3.06. The van der Waals surface area contributed by atoms with E-state index >= 15 is 0 Å². The Kier molecular flexibility index (Phi) is 1.08. The summed E-state index contributed by atoms with van der Waals surface area (Å²) >= 11 is 0. The van der Waals surface area contributed by atoms with E-state index in [1.165, 1.54) is 0 Å². The van der Waals surface area contributed by atoms with Gasteiger partial charge in [0.2, 0.25) is 0 Å². The Morgan fingerprint density at radius 1 is 1.59 bits per heavy atom. The van der Waals surface area contributed by atoms with E-state index in [9.17, 15) is 6.48 Å². The van der Waals surface area contributed by atoms with Gasteiger partial charge >= 0.3 is 0 Å². The number of nitrogens with zero attached hydrogens (tertiary/aromatic N) is 1. The van der Waals surface area contributed by atoms with E-state index in [2.05, 4.69) is 0 Å². The highest BCUT2D eigenvalue weighted by atomic mass is 16.5. The SMILES string of the molecule is [2H]c1c([2H])c2c3c(c1OC([2H])([2H])[2H])OC1C([2H])(O)C=C[C@@]4([2H])[C@H](N(C([2H])([2H])[2H])CC[C@]314)C2([2H])[2H]. The van der Waals surface area contributed by atoms with Crippen molar-refractivity contribution in [3.05, 3.63) is 35.4 Å². The third-order valence-corrected chi connectivity index (χ3v) is 5.07. The topological polar surface area (TPSA) is 41.9 Å². The van der Waals surface area contributed by atoms with Gasteiger partial charge in [-0.3, -0.25) is 0 Å². The molecule has 0 amide bonds. The molecule has 1 fully saturated rings. The molecule has 1 N–H and O–H groups in total. The largest absolute Gasteiger partial charge is 0.493 e. The number of piperidine rings is 1. The number of likely N-dealkylation sites (N-methyl/N-ethyl adjacent to an activating group) is 1. The van der Waals surface area contributed by atoms with Crippen LogP contribution in [0.25, 0.3) is 0 Å². The number of likely N-dealkylation sites (tertiary alicyclic amines) is 1. The summed E-state index contributed by atoms with van der Waals surface area (Å²) in [6.07, 6.45) is -4.79. The number of benzene rings is 1. The van der Waals surface area contributed by atoms with Crippen molar-refractivity contribution in [1.82, 2.24) is 4.90 Å². The van der Waals surface area contributed by atoms with Crippen molar-refractivity contribution in [2.75, 3.05) is 20.6 Å². The first-order valence-electron chi connectivity index (χ1n) is 13.0. The Hall–Kier alpha value is -1.52. The Bertz CT molecular complexity index is 1130. The van der Waals surface area contributed by atoms with Crippen molar-refractivity contribution in [2.24, 2.45) is 5.89 Å². The van der Waals surface area contributed by atoms with E-state index in [0.29, 0.717) is 0 Å². The van der Waals surface area contributed by atoms with Gasteiger partial charge in [0.1, 0.15) is 12.2 Å². The van der Waals surface area contributed by atoms with Crippen LogP contribution in [0.2, 0.25) is 0 Å². The molecule has 4 heteroatoms. The third-order valence-electron chi connectivity index (χ3n) is 5.07.